The van der Waals surface area contributed by atoms with Gasteiger partial charge in [-0.25, -0.2) is 0 Å². The van der Waals surface area contributed by atoms with Gasteiger partial charge in [-0.05, 0) is 63.3 Å². The van der Waals surface area contributed by atoms with Crippen molar-refractivity contribution in [3.8, 4) is 11.5 Å². The van der Waals surface area contributed by atoms with Crippen LogP contribution in [0.15, 0.2) is 48.5 Å². The first-order chi connectivity index (χ1) is 13.5. The summed E-state index contributed by atoms with van der Waals surface area (Å²) in [5, 5.41) is 5.87. The van der Waals surface area contributed by atoms with Crippen molar-refractivity contribution < 1.29 is 19.0 Å². The fourth-order valence-corrected chi connectivity index (χ4v) is 2.55. The SMILES string of the molecule is CCOCCOc1cccc(C(=O)NC(=S)Nc2ccccc2OC(C)C)c1. The summed E-state index contributed by atoms with van der Waals surface area (Å²) in [5.41, 5.74) is 1.14. The molecule has 0 saturated carbocycles. The highest BCUT2D eigenvalue weighted by molar-refractivity contribution is 7.80. The predicted octanol–water partition coefficient (Wildman–Crippen LogP) is 4.02. The molecule has 2 aromatic rings. The van der Waals surface area contributed by atoms with Crippen molar-refractivity contribution >= 4 is 28.9 Å². The maximum Gasteiger partial charge on any atom is 0.257 e. The van der Waals surface area contributed by atoms with E-state index in [4.69, 9.17) is 26.4 Å². The van der Waals surface area contributed by atoms with Crippen molar-refractivity contribution in [3.05, 3.63) is 54.1 Å². The minimum atomic E-state index is -0.324. The Labute approximate surface area is 171 Å². The number of benzene rings is 2. The molecule has 0 atom stereocenters. The van der Waals surface area contributed by atoms with E-state index in [2.05, 4.69) is 10.6 Å². The maximum atomic E-state index is 12.5. The average Bonchev–Trinajstić information content (AvgIpc) is 2.66. The fourth-order valence-electron chi connectivity index (χ4n) is 2.35. The van der Waals surface area contributed by atoms with E-state index in [1.807, 2.05) is 45.0 Å². The number of hydrogen-bond acceptors (Lipinski definition) is 5. The van der Waals surface area contributed by atoms with Crippen LogP contribution >= 0.6 is 12.2 Å². The molecule has 6 nitrogen and oxygen atoms in total. The summed E-state index contributed by atoms with van der Waals surface area (Å²) in [6.07, 6.45) is 0.0246. The number of carbonyl (C=O) groups is 1. The van der Waals surface area contributed by atoms with E-state index in [0.717, 1.165) is 0 Å². The Morgan fingerprint density at radius 2 is 1.89 bits per heavy atom. The number of carbonyl (C=O) groups excluding carboxylic acids is 1. The Hall–Kier alpha value is -2.64. The van der Waals surface area contributed by atoms with E-state index in [1.165, 1.54) is 0 Å². The van der Waals surface area contributed by atoms with E-state index >= 15 is 0 Å². The molecule has 28 heavy (non-hydrogen) atoms. The van der Waals surface area contributed by atoms with Gasteiger partial charge in [0, 0.05) is 12.2 Å². The Kier molecular flexibility index (Phi) is 8.71. The highest BCUT2D eigenvalue weighted by atomic mass is 32.1. The van der Waals surface area contributed by atoms with Gasteiger partial charge >= 0.3 is 0 Å². The molecule has 0 heterocycles. The van der Waals surface area contributed by atoms with Gasteiger partial charge in [0.05, 0.1) is 18.4 Å². The fraction of sp³-hybridized carbons (Fsp3) is 0.333. The van der Waals surface area contributed by atoms with Gasteiger partial charge in [-0.15, -0.1) is 0 Å². The largest absolute Gasteiger partial charge is 0.491 e. The topological polar surface area (TPSA) is 68.8 Å². The second-order valence-electron chi connectivity index (χ2n) is 6.14. The second kappa shape index (κ2) is 11.3. The highest BCUT2D eigenvalue weighted by Crippen LogP contribution is 2.24. The van der Waals surface area contributed by atoms with Crippen LogP contribution in [-0.2, 0) is 4.74 Å². The molecule has 0 spiro atoms. The van der Waals surface area contributed by atoms with Crippen molar-refractivity contribution in [2.24, 2.45) is 0 Å². The van der Waals surface area contributed by atoms with Crippen molar-refractivity contribution in [2.75, 3.05) is 25.1 Å². The number of amides is 1. The third-order valence-corrected chi connectivity index (χ3v) is 3.73. The van der Waals surface area contributed by atoms with Gasteiger partial charge in [0.1, 0.15) is 18.1 Å². The minimum Gasteiger partial charge on any atom is -0.491 e. The molecule has 2 aromatic carbocycles. The summed E-state index contributed by atoms with van der Waals surface area (Å²) in [4.78, 5) is 12.5. The number of para-hydroxylation sites is 2. The molecule has 0 fully saturated rings. The van der Waals surface area contributed by atoms with Crippen LogP contribution in [0.1, 0.15) is 31.1 Å². The number of hydrogen-bond donors (Lipinski definition) is 2. The van der Waals surface area contributed by atoms with Crippen molar-refractivity contribution in [2.45, 2.75) is 26.9 Å². The van der Waals surface area contributed by atoms with Crippen LogP contribution in [0.4, 0.5) is 5.69 Å². The van der Waals surface area contributed by atoms with Crippen LogP contribution in [0, 0.1) is 0 Å². The van der Waals surface area contributed by atoms with Crippen molar-refractivity contribution in [1.82, 2.24) is 5.32 Å². The van der Waals surface area contributed by atoms with Crippen molar-refractivity contribution in [3.63, 3.8) is 0 Å². The zero-order valence-electron chi connectivity index (χ0n) is 16.4. The molecule has 1 amide bonds. The monoisotopic (exact) mass is 402 g/mol. The maximum absolute atomic E-state index is 12.5. The quantitative estimate of drug-likeness (QED) is 0.488. The van der Waals surface area contributed by atoms with Gasteiger partial charge in [-0.3, -0.25) is 10.1 Å². The number of thiocarbonyl (C=S) groups is 1. The van der Waals surface area contributed by atoms with Crippen LogP contribution in [0.25, 0.3) is 0 Å². The normalized spacial score (nSPS) is 10.4. The van der Waals surface area contributed by atoms with Gasteiger partial charge in [0.25, 0.3) is 5.91 Å². The van der Waals surface area contributed by atoms with E-state index < -0.39 is 0 Å². The van der Waals surface area contributed by atoms with Gasteiger partial charge in [0.2, 0.25) is 0 Å². The zero-order valence-corrected chi connectivity index (χ0v) is 17.2. The third kappa shape index (κ3) is 7.17. The number of anilines is 1. The molecule has 0 saturated heterocycles. The molecule has 2 N–H and O–H groups in total. The molecule has 150 valence electrons. The van der Waals surface area contributed by atoms with Crippen molar-refractivity contribution in [1.29, 1.82) is 0 Å². The Balaban J connectivity index is 1.95. The van der Waals surface area contributed by atoms with Gasteiger partial charge < -0.3 is 19.5 Å². The highest BCUT2D eigenvalue weighted by Gasteiger charge is 2.11. The standard InChI is InChI=1S/C21H26N2O4S/c1-4-25-12-13-26-17-9-7-8-16(14-17)20(24)23-21(28)22-18-10-5-6-11-19(18)27-15(2)3/h5-11,14-15H,4,12-13H2,1-3H3,(H2,22,23,24,28). The molecule has 0 aliphatic rings. The zero-order chi connectivity index (χ0) is 20.4. The summed E-state index contributed by atoms with van der Waals surface area (Å²) < 4.78 is 16.6. The summed E-state index contributed by atoms with van der Waals surface area (Å²) in [6.45, 7) is 7.38. The summed E-state index contributed by atoms with van der Waals surface area (Å²) >= 11 is 5.27. The lowest BCUT2D eigenvalue weighted by molar-refractivity contribution is 0.0976. The lowest BCUT2D eigenvalue weighted by Crippen LogP contribution is -2.34. The molecule has 0 aromatic heterocycles. The molecule has 0 aliphatic carbocycles. The van der Waals surface area contributed by atoms with E-state index in [-0.39, 0.29) is 17.1 Å². The van der Waals surface area contributed by atoms with Crippen LogP contribution in [-0.4, -0.2) is 36.9 Å². The first kappa shape index (κ1) is 21.7. The Bertz CT molecular complexity index is 795. The summed E-state index contributed by atoms with van der Waals surface area (Å²) in [5.74, 6) is 0.940. The Morgan fingerprint density at radius 1 is 1.11 bits per heavy atom. The van der Waals surface area contributed by atoms with Crippen LogP contribution < -0.4 is 20.1 Å². The number of ether oxygens (including phenoxy) is 3. The molecule has 2 rings (SSSR count). The molecule has 0 radical (unpaired) electrons. The predicted molar refractivity (Wildman–Crippen MR) is 114 cm³/mol. The van der Waals surface area contributed by atoms with E-state index in [0.29, 0.717) is 42.6 Å². The summed E-state index contributed by atoms with van der Waals surface area (Å²) in [7, 11) is 0. The first-order valence-electron chi connectivity index (χ1n) is 9.18. The summed E-state index contributed by atoms with van der Waals surface area (Å²) in [6, 6.07) is 14.3. The lowest BCUT2D eigenvalue weighted by Gasteiger charge is -2.16. The lowest BCUT2D eigenvalue weighted by atomic mass is 10.2. The van der Waals surface area contributed by atoms with Crippen LogP contribution in [0.2, 0.25) is 0 Å². The van der Waals surface area contributed by atoms with E-state index in [1.54, 1.807) is 24.3 Å². The van der Waals surface area contributed by atoms with Gasteiger partial charge in [-0.2, -0.15) is 0 Å². The van der Waals surface area contributed by atoms with E-state index in [9.17, 15) is 4.79 Å². The molecule has 7 heteroatoms. The number of nitrogens with one attached hydrogen (secondary N) is 2. The van der Waals surface area contributed by atoms with Gasteiger partial charge in [0.15, 0.2) is 5.11 Å². The molecule has 0 aliphatic heterocycles. The molecular formula is C21H26N2O4S. The first-order valence-corrected chi connectivity index (χ1v) is 9.59. The molecule has 0 unspecified atom stereocenters. The average molecular weight is 403 g/mol. The van der Waals surface area contributed by atoms with Crippen LogP contribution in [0.5, 0.6) is 11.5 Å². The third-order valence-electron chi connectivity index (χ3n) is 3.52. The minimum absolute atomic E-state index is 0.0246. The number of rotatable bonds is 9. The smallest absolute Gasteiger partial charge is 0.257 e. The Morgan fingerprint density at radius 3 is 2.64 bits per heavy atom. The molecule has 0 bridgehead atoms. The second-order valence-corrected chi connectivity index (χ2v) is 6.55. The van der Waals surface area contributed by atoms with Crippen LogP contribution in [0.3, 0.4) is 0 Å². The van der Waals surface area contributed by atoms with Gasteiger partial charge in [-0.1, -0.05) is 18.2 Å². The molecular weight excluding hydrogens is 376 g/mol.